The number of hydrogen-bond donors (Lipinski definition) is 1. The molecule has 6 nitrogen and oxygen atoms in total. The summed E-state index contributed by atoms with van der Waals surface area (Å²) in [5, 5.41) is 9.49. The van der Waals surface area contributed by atoms with Crippen LogP contribution in [0.3, 0.4) is 0 Å². The van der Waals surface area contributed by atoms with Gasteiger partial charge >= 0.3 is 36.6 Å². The quantitative estimate of drug-likeness (QED) is 0.0945. The molecule has 0 aromatic heterocycles. The van der Waals surface area contributed by atoms with Gasteiger partial charge in [0, 0.05) is 11.1 Å². The van der Waals surface area contributed by atoms with Gasteiger partial charge in [-0.15, -0.1) is 0 Å². The van der Waals surface area contributed by atoms with Crippen LogP contribution in [0.25, 0.3) is 22.3 Å². The van der Waals surface area contributed by atoms with Crippen LogP contribution in [-0.4, -0.2) is 49.2 Å². The van der Waals surface area contributed by atoms with Gasteiger partial charge in [-0.2, -0.15) is 52.7 Å². The van der Waals surface area contributed by atoms with Gasteiger partial charge in [-0.3, -0.25) is 9.59 Å². The molecular weight excluding hydrogens is 852 g/mol. The molecule has 0 aliphatic rings. The second-order valence-corrected chi connectivity index (χ2v) is 14.9. The van der Waals surface area contributed by atoms with Gasteiger partial charge < -0.3 is 19.3 Å². The lowest BCUT2D eigenvalue weighted by molar-refractivity contribution is -0.154. The molecule has 0 heterocycles. The largest absolute Gasteiger partial charge is 0.483 e. The van der Waals surface area contributed by atoms with Gasteiger partial charge in [-0.1, -0.05) is 76.2 Å². The molecule has 0 amide bonds. The molecule has 0 radical (unpaired) electrons. The molecule has 0 spiro atoms. The Hall–Kier alpha value is -5.42. The maximum absolute atomic E-state index is 12.8. The zero-order valence-corrected chi connectivity index (χ0v) is 34.0. The van der Waals surface area contributed by atoms with E-state index in [4.69, 9.17) is 14.2 Å². The Labute approximate surface area is 349 Å². The second kappa shape index (κ2) is 21.1. The number of halogens is 12. The van der Waals surface area contributed by atoms with Crippen LogP contribution in [0.5, 0.6) is 11.5 Å². The number of ether oxygens (including phenoxy) is 3. The first-order valence-corrected chi connectivity index (χ1v) is 19.0. The number of benzene rings is 4. The predicted octanol–water partition coefficient (Wildman–Crippen LogP) is 13.5. The van der Waals surface area contributed by atoms with E-state index >= 15 is 0 Å². The smallest absolute Gasteiger partial charge is 0.422 e. The van der Waals surface area contributed by atoms with Gasteiger partial charge in [0.15, 0.2) is 13.2 Å². The van der Waals surface area contributed by atoms with Gasteiger partial charge in [-0.25, -0.2) is 0 Å². The number of esters is 1. The molecule has 18 heteroatoms. The number of carbonyl (C=O) groups excluding carboxylic acids is 1. The monoisotopic (exact) mass is 896 g/mol. The lowest BCUT2D eigenvalue weighted by Crippen LogP contribution is -2.20. The Morgan fingerprint density at radius 3 is 1.21 bits per heavy atom. The summed E-state index contributed by atoms with van der Waals surface area (Å²) in [6.45, 7) is 6.00. The van der Waals surface area contributed by atoms with Crippen LogP contribution in [0.2, 0.25) is 0 Å². The average molecular weight is 897 g/mol. The summed E-state index contributed by atoms with van der Waals surface area (Å²) in [7, 11) is 0. The summed E-state index contributed by atoms with van der Waals surface area (Å²) in [6, 6.07) is 16.2. The van der Waals surface area contributed by atoms with Crippen LogP contribution in [-0.2, 0) is 26.7 Å². The third-order valence-electron chi connectivity index (χ3n) is 8.93. The van der Waals surface area contributed by atoms with E-state index in [0.717, 1.165) is 48.5 Å². The van der Waals surface area contributed by atoms with E-state index in [0.29, 0.717) is 12.0 Å². The highest BCUT2D eigenvalue weighted by atomic mass is 19.4. The number of alkyl halides is 12. The zero-order valence-electron chi connectivity index (χ0n) is 34.0. The highest BCUT2D eigenvalue weighted by Gasteiger charge is 2.34. The third-order valence-corrected chi connectivity index (χ3v) is 8.93. The van der Waals surface area contributed by atoms with Crippen molar-refractivity contribution in [1.82, 2.24) is 0 Å². The average Bonchev–Trinajstić information content (AvgIpc) is 3.16. The number of rotatable bonds is 15. The molecule has 4 rings (SSSR count). The molecule has 2 unspecified atom stereocenters. The van der Waals surface area contributed by atoms with E-state index in [2.05, 4.69) is 0 Å². The molecule has 0 fully saturated rings. The van der Waals surface area contributed by atoms with Crippen LogP contribution >= 0.6 is 0 Å². The van der Waals surface area contributed by atoms with Crippen molar-refractivity contribution in [3.05, 3.63) is 107 Å². The normalized spacial score (nSPS) is 13.3. The minimum absolute atomic E-state index is 0.0141. The SMILES string of the molecule is CC(C)CC(C(=O)O)c1ccc(-c2ccc(C(F)(F)F)cc2)c(OCC(F)(F)F)c1.CCOC(=O)C(CC(C)C)c1ccc(-c2ccc(C(F)(F)F)cc2)c(OCC(F)(F)F)c1. The van der Waals surface area contributed by atoms with E-state index in [1.165, 1.54) is 30.3 Å². The summed E-state index contributed by atoms with van der Waals surface area (Å²) in [5.41, 5.74) is -0.350. The van der Waals surface area contributed by atoms with Gasteiger partial charge in [0.05, 0.1) is 29.6 Å². The Balaban J connectivity index is 0.000000331. The summed E-state index contributed by atoms with van der Waals surface area (Å²) in [4.78, 5) is 24.1. The number of carbonyl (C=O) groups is 2. The molecule has 2 atom stereocenters. The number of carboxylic acid groups (broad SMARTS) is 1. The van der Waals surface area contributed by atoms with E-state index in [-0.39, 0.29) is 64.2 Å². The summed E-state index contributed by atoms with van der Waals surface area (Å²) < 4.78 is 168. The van der Waals surface area contributed by atoms with Crippen LogP contribution in [0.15, 0.2) is 84.9 Å². The van der Waals surface area contributed by atoms with E-state index in [1.54, 1.807) is 13.0 Å². The van der Waals surface area contributed by atoms with E-state index in [1.807, 2.05) is 27.7 Å². The minimum atomic E-state index is -4.64. The number of carboxylic acids is 1. The molecule has 0 saturated heterocycles. The van der Waals surface area contributed by atoms with E-state index < -0.39 is 72.8 Å². The van der Waals surface area contributed by atoms with Crippen LogP contribution < -0.4 is 9.47 Å². The molecule has 1 N–H and O–H groups in total. The molecular formula is C44H44F12O6. The molecule has 340 valence electrons. The summed E-state index contributed by atoms with van der Waals surface area (Å²) >= 11 is 0. The van der Waals surface area contributed by atoms with Crippen molar-refractivity contribution in [2.45, 2.75) is 84.0 Å². The van der Waals surface area contributed by atoms with Gasteiger partial charge in [0.25, 0.3) is 0 Å². The molecule has 4 aromatic rings. The third kappa shape index (κ3) is 15.8. The first-order valence-electron chi connectivity index (χ1n) is 19.0. The van der Waals surface area contributed by atoms with Crippen molar-refractivity contribution >= 4 is 11.9 Å². The van der Waals surface area contributed by atoms with Crippen molar-refractivity contribution in [2.24, 2.45) is 11.8 Å². The maximum atomic E-state index is 12.8. The predicted molar refractivity (Wildman–Crippen MR) is 206 cm³/mol. The Kier molecular flexibility index (Phi) is 17.3. The molecule has 0 aliphatic heterocycles. The van der Waals surface area contributed by atoms with E-state index in [9.17, 15) is 67.4 Å². The second-order valence-electron chi connectivity index (χ2n) is 14.9. The lowest BCUT2D eigenvalue weighted by Gasteiger charge is -2.21. The standard InChI is InChI=1S/C23H24F6O3.C21H20F6O3/c1-4-31-21(30)19(11-14(2)3)16-7-10-18(20(12-16)32-13-22(24,25)26)15-5-8-17(9-6-15)23(27,28)29;1-12(2)9-17(19(28)29)14-5-8-16(18(10-14)30-11-20(22,23)24)13-3-6-15(7-4-13)21(25,26)27/h5-10,12,14,19H,4,11,13H2,1-3H3;3-8,10,12,17H,9,11H2,1-2H3,(H,28,29). The topological polar surface area (TPSA) is 82.1 Å². The highest BCUT2D eigenvalue weighted by Crippen LogP contribution is 2.40. The molecule has 62 heavy (non-hydrogen) atoms. The fraction of sp³-hybridized carbons (Fsp3) is 0.409. The van der Waals surface area contributed by atoms with Crippen molar-refractivity contribution in [1.29, 1.82) is 0 Å². The Morgan fingerprint density at radius 2 is 0.903 bits per heavy atom. The van der Waals surface area contributed by atoms with Crippen molar-refractivity contribution < 1.29 is 81.6 Å². The van der Waals surface area contributed by atoms with Crippen LogP contribution in [0.1, 0.15) is 81.5 Å². The van der Waals surface area contributed by atoms with Crippen molar-refractivity contribution in [3.8, 4) is 33.8 Å². The van der Waals surface area contributed by atoms with Crippen LogP contribution in [0.4, 0.5) is 52.7 Å². The fourth-order valence-electron chi connectivity index (χ4n) is 6.16. The van der Waals surface area contributed by atoms with Gasteiger partial charge in [-0.05, 0) is 90.3 Å². The first kappa shape index (κ1) is 50.9. The Bertz CT molecular complexity index is 2070. The molecule has 0 aliphatic carbocycles. The van der Waals surface area contributed by atoms with Gasteiger partial charge in [0.1, 0.15) is 11.5 Å². The number of hydrogen-bond acceptors (Lipinski definition) is 5. The first-order chi connectivity index (χ1) is 28.6. The van der Waals surface area contributed by atoms with Gasteiger partial charge in [0.2, 0.25) is 0 Å². The fourth-order valence-corrected chi connectivity index (χ4v) is 6.16. The maximum Gasteiger partial charge on any atom is 0.422 e. The lowest BCUT2D eigenvalue weighted by atomic mass is 9.89. The molecule has 4 aromatic carbocycles. The molecule has 0 bridgehead atoms. The summed E-state index contributed by atoms with van der Waals surface area (Å²) in [5.74, 6) is -3.64. The minimum Gasteiger partial charge on any atom is -0.483 e. The van der Waals surface area contributed by atoms with Crippen molar-refractivity contribution in [2.75, 3.05) is 19.8 Å². The Morgan fingerprint density at radius 1 is 0.548 bits per heavy atom. The molecule has 0 saturated carbocycles. The highest BCUT2D eigenvalue weighted by molar-refractivity contribution is 5.80. The van der Waals surface area contributed by atoms with Crippen LogP contribution in [0, 0.1) is 11.8 Å². The number of aliphatic carboxylic acids is 1. The zero-order chi connectivity index (χ0) is 46.8. The summed E-state index contributed by atoms with van der Waals surface area (Å²) in [6.07, 6.45) is -17.7. The van der Waals surface area contributed by atoms with Crippen molar-refractivity contribution in [3.63, 3.8) is 0 Å².